The second-order valence-electron chi connectivity index (χ2n) is 7.18. The summed E-state index contributed by atoms with van der Waals surface area (Å²) in [5.41, 5.74) is 5.73. The molecule has 0 saturated carbocycles. The second kappa shape index (κ2) is 9.44. The van der Waals surface area contributed by atoms with Crippen LogP contribution in [0.3, 0.4) is 0 Å². The van der Waals surface area contributed by atoms with Gasteiger partial charge in [-0.3, -0.25) is 4.57 Å². The molecule has 2 N–H and O–H groups in total. The van der Waals surface area contributed by atoms with Crippen molar-refractivity contribution in [2.24, 2.45) is 0 Å². The number of carbonyl (C=O) groups excluding carboxylic acids is 2. The van der Waals surface area contributed by atoms with Crippen LogP contribution < -0.4 is 11.4 Å². The Bertz CT molecular complexity index is 1150. The average Bonchev–Trinajstić information content (AvgIpc) is 3.20. The molecule has 9 nitrogen and oxygen atoms in total. The quantitative estimate of drug-likeness (QED) is 0.585. The smallest absolute Gasteiger partial charge is 0.351 e. The number of hydrogen-bond acceptors (Lipinski definition) is 8. The number of esters is 2. The van der Waals surface area contributed by atoms with E-state index in [4.69, 9.17) is 19.9 Å². The highest BCUT2D eigenvalue weighted by Gasteiger charge is 2.40. The number of benzene rings is 2. The Morgan fingerprint density at radius 3 is 2.25 bits per heavy atom. The predicted molar refractivity (Wildman–Crippen MR) is 114 cm³/mol. The van der Waals surface area contributed by atoms with Gasteiger partial charge >= 0.3 is 17.6 Å². The van der Waals surface area contributed by atoms with Crippen LogP contribution >= 0.6 is 0 Å². The van der Waals surface area contributed by atoms with Crippen LogP contribution in [0.25, 0.3) is 0 Å². The maximum atomic E-state index is 12.6. The fourth-order valence-electron chi connectivity index (χ4n) is 3.39. The molecule has 2 aromatic carbocycles. The first-order valence-electron chi connectivity index (χ1n) is 9.99. The summed E-state index contributed by atoms with van der Waals surface area (Å²) in [6, 6.07) is 18.5. The number of nitrogens with zero attached hydrogens (tertiary/aromatic N) is 2. The Labute approximate surface area is 183 Å². The lowest BCUT2D eigenvalue weighted by Gasteiger charge is -2.19. The number of nitrogen functional groups attached to an aromatic ring is 1. The predicted octanol–water partition coefficient (Wildman–Crippen LogP) is 2.20. The number of carbonyl (C=O) groups is 2. The van der Waals surface area contributed by atoms with Crippen molar-refractivity contribution < 1.29 is 23.8 Å². The van der Waals surface area contributed by atoms with E-state index in [1.54, 1.807) is 60.7 Å². The Morgan fingerprint density at radius 2 is 1.62 bits per heavy atom. The van der Waals surface area contributed by atoms with Crippen molar-refractivity contribution in [3.63, 3.8) is 0 Å². The van der Waals surface area contributed by atoms with Crippen molar-refractivity contribution in [2.45, 2.75) is 24.9 Å². The lowest BCUT2D eigenvalue weighted by atomic mass is 10.1. The van der Waals surface area contributed by atoms with Gasteiger partial charge in [0.15, 0.2) is 0 Å². The zero-order chi connectivity index (χ0) is 22.5. The minimum absolute atomic E-state index is 0.0876. The van der Waals surface area contributed by atoms with Gasteiger partial charge in [0.25, 0.3) is 0 Å². The summed E-state index contributed by atoms with van der Waals surface area (Å²) in [5.74, 6) is -0.983. The molecule has 164 valence electrons. The van der Waals surface area contributed by atoms with E-state index in [2.05, 4.69) is 4.98 Å². The molecule has 1 aliphatic heterocycles. The molecule has 32 heavy (non-hydrogen) atoms. The summed E-state index contributed by atoms with van der Waals surface area (Å²) in [4.78, 5) is 40.8. The number of ether oxygens (including phenoxy) is 3. The fraction of sp³-hybridized carbons (Fsp3) is 0.217. The van der Waals surface area contributed by atoms with Gasteiger partial charge in [0.2, 0.25) is 0 Å². The van der Waals surface area contributed by atoms with Gasteiger partial charge in [-0.05, 0) is 30.3 Å². The van der Waals surface area contributed by atoms with Crippen molar-refractivity contribution in [1.29, 1.82) is 0 Å². The molecular weight excluding hydrogens is 414 g/mol. The third-order valence-corrected chi connectivity index (χ3v) is 5.00. The number of aromatic nitrogens is 2. The van der Waals surface area contributed by atoms with Crippen molar-refractivity contribution >= 4 is 17.8 Å². The number of nitrogens with two attached hydrogens (primary N) is 1. The zero-order valence-corrected chi connectivity index (χ0v) is 17.0. The summed E-state index contributed by atoms with van der Waals surface area (Å²) in [5, 5.41) is 0. The number of anilines is 1. The van der Waals surface area contributed by atoms with Gasteiger partial charge in [-0.15, -0.1) is 0 Å². The van der Waals surface area contributed by atoms with Crippen LogP contribution in [-0.2, 0) is 14.2 Å². The molecular formula is C23H21N3O6. The standard InChI is InChI=1S/C23H21N3O6/c24-19-11-12-26(23(29)25-19)20-13-17(32-22(28)16-9-5-2-6-10-16)18(31-20)14-30-21(27)15-7-3-1-4-8-15/h1-12,17-18,20H,13-14H2,(H2,24,25,29)/t17-,18+,20-/m0/s1. The van der Waals surface area contributed by atoms with Gasteiger partial charge in [-0.1, -0.05) is 36.4 Å². The first-order valence-corrected chi connectivity index (χ1v) is 9.99. The molecule has 0 unspecified atom stereocenters. The van der Waals surface area contributed by atoms with E-state index in [-0.39, 0.29) is 18.8 Å². The highest BCUT2D eigenvalue weighted by atomic mass is 16.6. The molecule has 3 atom stereocenters. The van der Waals surface area contributed by atoms with Gasteiger partial charge in [-0.2, -0.15) is 4.98 Å². The molecule has 0 aliphatic carbocycles. The van der Waals surface area contributed by atoms with Crippen molar-refractivity contribution in [1.82, 2.24) is 9.55 Å². The molecule has 9 heteroatoms. The van der Waals surface area contributed by atoms with E-state index < -0.39 is 36.1 Å². The largest absolute Gasteiger partial charge is 0.459 e. The van der Waals surface area contributed by atoms with Crippen LogP contribution in [0.15, 0.2) is 77.7 Å². The lowest BCUT2D eigenvalue weighted by molar-refractivity contribution is -0.0582. The Hall–Kier alpha value is -3.98. The van der Waals surface area contributed by atoms with Crippen LogP contribution in [0.4, 0.5) is 5.82 Å². The highest BCUT2D eigenvalue weighted by molar-refractivity contribution is 5.90. The zero-order valence-electron chi connectivity index (χ0n) is 17.0. The van der Waals surface area contributed by atoms with Crippen molar-refractivity contribution in [3.8, 4) is 0 Å². The molecule has 1 aliphatic rings. The Kier molecular flexibility index (Phi) is 6.27. The normalized spacial score (nSPS) is 19.9. The third-order valence-electron chi connectivity index (χ3n) is 5.00. The van der Waals surface area contributed by atoms with Crippen LogP contribution in [0.5, 0.6) is 0 Å². The summed E-state index contributed by atoms with van der Waals surface area (Å²) in [6.45, 7) is -0.159. The topological polar surface area (TPSA) is 123 Å². The highest BCUT2D eigenvalue weighted by Crippen LogP contribution is 2.31. The molecule has 0 bridgehead atoms. The first-order chi connectivity index (χ1) is 15.5. The number of hydrogen-bond donors (Lipinski definition) is 1. The summed E-state index contributed by atoms with van der Waals surface area (Å²) in [7, 11) is 0. The van der Waals surface area contributed by atoms with Crippen molar-refractivity contribution in [3.05, 3.63) is 94.5 Å². The van der Waals surface area contributed by atoms with E-state index in [9.17, 15) is 14.4 Å². The minimum Gasteiger partial charge on any atom is -0.459 e. The lowest BCUT2D eigenvalue weighted by Crippen LogP contribution is -2.32. The van der Waals surface area contributed by atoms with E-state index in [1.807, 2.05) is 0 Å². The molecule has 0 radical (unpaired) electrons. The molecule has 1 saturated heterocycles. The first kappa shape index (κ1) is 21.3. The van der Waals surface area contributed by atoms with Crippen LogP contribution in [0.1, 0.15) is 33.4 Å². The van der Waals surface area contributed by atoms with Gasteiger partial charge in [0, 0.05) is 12.6 Å². The maximum Gasteiger partial charge on any atom is 0.351 e. The van der Waals surface area contributed by atoms with E-state index in [1.165, 1.54) is 16.8 Å². The van der Waals surface area contributed by atoms with Gasteiger partial charge < -0.3 is 19.9 Å². The molecule has 1 fully saturated rings. The molecule has 0 amide bonds. The average molecular weight is 435 g/mol. The van der Waals surface area contributed by atoms with E-state index >= 15 is 0 Å². The van der Waals surface area contributed by atoms with Gasteiger partial charge in [-0.25, -0.2) is 14.4 Å². The molecule has 1 aromatic heterocycles. The fourth-order valence-corrected chi connectivity index (χ4v) is 3.39. The maximum absolute atomic E-state index is 12.6. The van der Waals surface area contributed by atoms with Gasteiger partial charge in [0.05, 0.1) is 11.1 Å². The third kappa shape index (κ3) is 4.84. The summed E-state index contributed by atoms with van der Waals surface area (Å²) < 4.78 is 18.2. The number of rotatable bonds is 6. The molecule has 0 spiro atoms. The van der Waals surface area contributed by atoms with E-state index in [0.717, 1.165) is 0 Å². The minimum atomic E-state index is -0.773. The van der Waals surface area contributed by atoms with Gasteiger partial charge in [0.1, 0.15) is 30.9 Å². The Morgan fingerprint density at radius 1 is 1.00 bits per heavy atom. The summed E-state index contributed by atoms with van der Waals surface area (Å²) >= 11 is 0. The van der Waals surface area contributed by atoms with Crippen LogP contribution in [0, 0.1) is 0 Å². The molecule has 3 aromatic rings. The monoisotopic (exact) mass is 435 g/mol. The van der Waals surface area contributed by atoms with Crippen molar-refractivity contribution in [2.75, 3.05) is 12.3 Å². The molecule has 4 rings (SSSR count). The molecule has 2 heterocycles. The van der Waals surface area contributed by atoms with Crippen LogP contribution in [-0.4, -0.2) is 40.3 Å². The summed E-state index contributed by atoms with van der Waals surface area (Å²) in [6.07, 6.45) is -0.642. The second-order valence-corrected chi connectivity index (χ2v) is 7.18. The van der Waals surface area contributed by atoms with E-state index in [0.29, 0.717) is 11.1 Å². The Balaban J connectivity index is 1.50. The SMILES string of the molecule is Nc1ccn([C@@H]2C[C@H](OC(=O)c3ccccc3)[C@@H](COC(=O)c3ccccc3)O2)c(=O)n1. The van der Waals surface area contributed by atoms with Crippen LogP contribution in [0.2, 0.25) is 0 Å².